The summed E-state index contributed by atoms with van der Waals surface area (Å²) in [7, 11) is 0. The zero-order valence-corrected chi connectivity index (χ0v) is 27.3. The number of unbranched alkanes of at least 4 members (excludes halogenated alkanes) is 2. The van der Waals surface area contributed by atoms with Crippen molar-refractivity contribution in [3.63, 3.8) is 0 Å². The first kappa shape index (κ1) is 32.3. The maximum atomic E-state index is 12.6. The molecule has 8 atom stereocenters. The third kappa shape index (κ3) is 7.32. The molecule has 4 nitrogen and oxygen atoms in total. The molecule has 0 amide bonds. The van der Waals surface area contributed by atoms with Gasteiger partial charge in [0.15, 0.2) is 0 Å². The third-order valence-corrected chi connectivity index (χ3v) is 12.2. The number of hydrogen-bond donors (Lipinski definition) is 0. The highest BCUT2D eigenvalue weighted by atomic mass is 16.5. The highest BCUT2D eigenvalue weighted by Gasteiger charge is 2.59. The number of ether oxygens (including phenoxy) is 2. The van der Waals surface area contributed by atoms with Gasteiger partial charge in [0.1, 0.15) is 6.10 Å². The maximum absolute atomic E-state index is 12.6. The lowest BCUT2D eigenvalue weighted by molar-refractivity contribution is -0.151. The predicted octanol–water partition coefficient (Wildman–Crippen LogP) is 9.62. The molecule has 4 heteroatoms. The molecule has 0 aromatic heterocycles. The minimum atomic E-state index is -0.339. The quantitative estimate of drug-likeness (QED) is 0.0960. The molecule has 1 unspecified atom stereocenters. The van der Waals surface area contributed by atoms with Crippen LogP contribution in [0.4, 0.5) is 0 Å². The van der Waals surface area contributed by atoms with Gasteiger partial charge in [0.2, 0.25) is 0 Å². The van der Waals surface area contributed by atoms with Crippen LogP contribution >= 0.6 is 0 Å². The van der Waals surface area contributed by atoms with Crippen molar-refractivity contribution in [2.45, 2.75) is 144 Å². The van der Waals surface area contributed by atoms with Crippen molar-refractivity contribution >= 4 is 11.9 Å². The zero-order chi connectivity index (χ0) is 29.8. The summed E-state index contributed by atoms with van der Waals surface area (Å²) in [6, 6.07) is 0. The van der Waals surface area contributed by atoms with E-state index in [4.69, 9.17) is 9.47 Å². The first-order valence-electron chi connectivity index (χ1n) is 17.2. The molecular weight excluding hydrogens is 508 g/mol. The van der Waals surface area contributed by atoms with Crippen LogP contribution < -0.4 is 0 Å². The van der Waals surface area contributed by atoms with E-state index in [1.54, 1.807) is 12.5 Å². The Labute approximate surface area is 251 Å². The third-order valence-electron chi connectivity index (χ3n) is 12.2. The van der Waals surface area contributed by atoms with Gasteiger partial charge in [-0.05, 0) is 117 Å². The van der Waals surface area contributed by atoms with Gasteiger partial charge in [-0.3, -0.25) is 4.79 Å². The number of carbonyl (C=O) groups is 2. The molecular formula is C37H60O4. The van der Waals surface area contributed by atoms with Gasteiger partial charge in [0.25, 0.3) is 0 Å². The molecule has 0 aliphatic heterocycles. The molecule has 3 fully saturated rings. The van der Waals surface area contributed by atoms with Crippen molar-refractivity contribution in [2.75, 3.05) is 6.61 Å². The molecule has 0 radical (unpaired) electrons. The van der Waals surface area contributed by atoms with E-state index >= 15 is 0 Å². The smallest absolute Gasteiger partial charge is 0.333 e. The lowest BCUT2D eigenvalue weighted by atomic mass is 9.47. The monoisotopic (exact) mass is 568 g/mol. The number of esters is 2. The fourth-order valence-corrected chi connectivity index (χ4v) is 9.83. The van der Waals surface area contributed by atoms with E-state index in [1.165, 1.54) is 51.4 Å². The SMILES string of the molecule is C=C(C)C(=O)OCCCCCC(=O)OC1CC[C@@]2(C)C(=CC[C@H]3[C@@H]4CC[C@H]([C@H](C)CCCC(C)C)[C@@]4(C)CC[C@@H]32)C1. The summed E-state index contributed by atoms with van der Waals surface area (Å²) in [5.74, 6) is 4.69. The Kier molecular flexibility index (Phi) is 10.9. The molecule has 0 bridgehead atoms. The van der Waals surface area contributed by atoms with Crippen LogP contribution in [-0.4, -0.2) is 24.6 Å². The molecule has 3 saturated carbocycles. The van der Waals surface area contributed by atoms with Crippen molar-refractivity contribution in [2.24, 2.45) is 46.3 Å². The molecule has 4 rings (SSSR count). The molecule has 0 saturated heterocycles. The Balaban J connectivity index is 1.26. The largest absolute Gasteiger partial charge is 0.462 e. The van der Waals surface area contributed by atoms with Crippen molar-refractivity contribution < 1.29 is 19.1 Å². The van der Waals surface area contributed by atoms with Crippen LogP contribution in [0.5, 0.6) is 0 Å². The van der Waals surface area contributed by atoms with Crippen LogP contribution in [0.25, 0.3) is 0 Å². The summed E-state index contributed by atoms with van der Waals surface area (Å²) in [4.78, 5) is 24.1. The van der Waals surface area contributed by atoms with Gasteiger partial charge in [-0.25, -0.2) is 4.79 Å². The summed E-state index contributed by atoms with van der Waals surface area (Å²) < 4.78 is 11.1. The number of carbonyl (C=O) groups excluding carboxylic acids is 2. The fourth-order valence-electron chi connectivity index (χ4n) is 9.83. The lowest BCUT2D eigenvalue weighted by Gasteiger charge is -2.58. The van der Waals surface area contributed by atoms with E-state index in [0.717, 1.165) is 74.0 Å². The van der Waals surface area contributed by atoms with E-state index in [2.05, 4.69) is 47.3 Å². The van der Waals surface area contributed by atoms with Crippen LogP contribution in [0.15, 0.2) is 23.8 Å². The second-order valence-corrected chi connectivity index (χ2v) is 15.4. The van der Waals surface area contributed by atoms with Crippen LogP contribution in [0.1, 0.15) is 138 Å². The highest BCUT2D eigenvalue weighted by molar-refractivity contribution is 5.86. The van der Waals surface area contributed by atoms with Crippen molar-refractivity contribution in [3.05, 3.63) is 23.8 Å². The van der Waals surface area contributed by atoms with Gasteiger partial charge in [-0.15, -0.1) is 0 Å². The first-order chi connectivity index (χ1) is 19.5. The van der Waals surface area contributed by atoms with Crippen LogP contribution in [-0.2, 0) is 19.1 Å². The molecule has 0 aromatic rings. The predicted molar refractivity (Wildman–Crippen MR) is 167 cm³/mol. The Morgan fingerprint density at radius 3 is 2.49 bits per heavy atom. The summed E-state index contributed by atoms with van der Waals surface area (Å²) in [6.07, 6.45) is 19.6. The second kappa shape index (κ2) is 13.8. The Bertz CT molecular complexity index is 964. The van der Waals surface area contributed by atoms with Crippen molar-refractivity contribution in [1.82, 2.24) is 0 Å². The van der Waals surface area contributed by atoms with Crippen LogP contribution in [0.3, 0.4) is 0 Å². The molecule has 4 aliphatic carbocycles. The van der Waals surface area contributed by atoms with Crippen molar-refractivity contribution in [1.29, 1.82) is 0 Å². The standard InChI is InChI=1S/C37H60O4/c1-25(2)12-11-13-27(5)31-17-18-32-30-16-15-28-24-29(19-21-36(28,6)33(30)20-22-37(31,32)7)41-34(38)14-9-8-10-23-40-35(39)26(3)4/h15,25,27,29-33H,3,8-14,16-24H2,1-2,4-7H3/t27-,29?,30+,31-,32+,33+,36+,37-/m1/s1. The van der Waals surface area contributed by atoms with E-state index in [0.29, 0.717) is 24.0 Å². The first-order valence-corrected chi connectivity index (χ1v) is 17.2. The summed E-state index contributed by atoms with van der Waals surface area (Å²) in [5, 5.41) is 0. The Morgan fingerprint density at radius 1 is 0.976 bits per heavy atom. The van der Waals surface area contributed by atoms with E-state index < -0.39 is 0 Å². The molecule has 232 valence electrons. The molecule has 41 heavy (non-hydrogen) atoms. The Morgan fingerprint density at radius 2 is 1.76 bits per heavy atom. The van der Waals surface area contributed by atoms with E-state index in [9.17, 15) is 9.59 Å². The number of allylic oxidation sites excluding steroid dienone is 1. The van der Waals surface area contributed by atoms with Gasteiger partial charge in [-0.1, -0.05) is 72.1 Å². The van der Waals surface area contributed by atoms with Gasteiger partial charge in [-0.2, -0.15) is 0 Å². The average Bonchev–Trinajstić information content (AvgIpc) is 3.27. The molecule has 0 N–H and O–H groups in total. The normalized spacial score (nSPS) is 35.1. The number of fused-ring (bicyclic) bond motifs is 5. The average molecular weight is 569 g/mol. The molecule has 0 aromatic carbocycles. The zero-order valence-electron chi connectivity index (χ0n) is 27.3. The van der Waals surface area contributed by atoms with E-state index in [1.807, 2.05) is 0 Å². The van der Waals surface area contributed by atoms with Crippen LogP contribution in [0.2, 0.25) is 0 Å². The van der Waals surface area contributed by atoms with E-state index in [-0.39, 0.29) is 23.5 Å². The van der Waals surface area contributed by atoms with Gasteiger partial charge in [0.05, 0.1) is 6.61 Å². The summed E-state index contributed by atoms with van der Waals surface area (Å²) >= 11 is 0. The lowest BCUT2D eigenvalue weighted by Crippen LogP contribution is -2.51. The summed E-state index contributed by atoms with van der Waals surface area (Å²) in [6.45, 7) is 18.1. The minimum absolute atomic E-state index is 0.0336. The maximum Gasteiger partial charge on any atom is 0.333 e. The minimum Gasteiger partial charge on any atom is -0.462 e. The highest BCUT2D eigenvalue weighted by Crippen LogP contribution is 2.67. The number of rotatable bonds is 13. The van der Waals surface area contributed by atoms with Gasteiger partial charge >= 0.3 is 11.9 Å². The topological polar surface area (TPSA) is 52.6 Å². The Hall–Kier alpha value is -1.58. The molecule has 0 heterocycles. The molecule has 4 aliphatic rings. The van der Waals surface area contributed by atoms with Crippen LogP contribution in [0, 0.1) is 46.3 Å². The van der Waals surface area contributed by atoms with Gasteiger partial charge in [0, 0.05) is 18.4 Å². The van der Waals surface area contributed by atoms with Gasteiger partial charge < -0.3 is 9.47 Å². The molecule has 0 spiro atoms. The summed E-state index contributed by atoms with van der Waals surface area (Å²) in [5.41, 5.74) is 2.82. The van der Waals surface area contributed by atoms with Crippen molar-refractivity contribution in [3.8, 4) is 0 Å². The fraction of sp³-hybridized carbons (Fsp3) is 0.838. The number of hydrogen-bond acceptors (Lipinski definition) is 4. The second-order valence-electron chi connectivity index (χ2n) is 15.4.